The van der Waals surface area contributed by atoms with Crippen LogP contribution in [0.4, 0.5) is 0 Å². The summed E-state index contributed by atoms with van der Waals surface area (Å²) < 4.78 is 6.74. The van der Waals surface area contributed by atoms with Gasteiger partial charge in [0.1, 0.15) is 6.23 Å². The largest absolute Gasteiger partial charge is 0.394 e. The van der Waals surface area contributed by atoms with Gasteiger partial charge in [-0.3, -0.25) is 14.3 Å². The van der Waals surface area contributed by atoms with Crippen molar-refractivity contribution in [3.8, 4) is 0 Å². The molecule has 0 spiro atoms. The van der Waals surface area contributed by atoms with Gasteiger partial charge in [-0.1, -0.05) is 0 Å². The molecule has 0 saturated carbocycles. The Morgan fingerprint density at radius 1 is 1.53 bits per heavy atom. The second-order valence-electron chi connectivity index (χ2n) is 3.49. The van der Waals surface area contributed by atoms with Crippen LogP contribution >= 0.6 is 0 Å². The van der Waals surface area contributed by atoms with Crippen molar-refractivity contribution in [2.45, 2.75) is 25.2 Å². The number of aliphatic hydroxyl groups excluding tert-OH is 1. The molecule has 0 amide bonds. The van der Waals surface area contributed by atoms with Crippen molar-refractivity contribution >= 4 is 0 Å². The van der Waals surface area contributed by atoms with E-state index < -0.39 is 11.2 Å². The number of aliphatic hydroxyl groups is 1. The third kappa shape index (κ3) is 2.00. The van der Waals surface area contributed by atoms with Crippen LogP contribution in [0.3, 0.4) is 0 Å². The molecule has 1 aliphatic rings. The molecule has 2 N–H and O–H groups in total. The summed E-state index contributed by atoms with van der Waals surface area (Å²) in [6, 6.07) is 1.27. The predicted octanol–water partition coefficient (Wildman–Crippen LogP) is -0.794. The average molecular weight is 212 g/mol. The molecular formula is C9H12N2O4. The molecule has 2 rings (SSSR count). The molecule has 1 aliphatic heterocycles. The summed E-state index contributed by atoms with van der Waals surface area (Å²) in [5, 5.41) is 8.87. The van der Waals surface area contributed by atoms with Gasteiger partial charge in [-0.15, -0.1) is 0 Å². The molecule has 82 valence electrons. The summed E-state index contributed by atoms with van der Waals surface area (Å²) in [5.41, 5.74) is -0.904. The average Bonchev–Trinajstić information content (AvgIpc) is 2.66. The Hall–Kier alpha value is -1.40. The van der Waals surface area contributed by atoms with Crippen molar-refractivity contribution in [1.82, 2.24) is 9.55 Å². The van der Waals surface area contributed by atoms with E-state index in [1.54, 1.807) is 0 Å². The molecule has 1 aromatic rings. The number of hydrogen-bond acceptors (Lipinski definition) is 4. The first kappa shape index (κ1) is 10.1. The molecule has 2 atom stereocenters. The molecule has 1 aromatic heterocycles. The number of rotatable bonds is 2. The van der Waals surface area contributed by atoms with E-state index in [0.717, 1.165) is 0 Å². The zero-order valence-corrected chi connectivity index (χ0v) is 8.05. The number of ether oxygens (including phenoxy) is 1. The van der Waals surface area contributed by atoms with Gasteiger partial charge in [0.2, 0.25) is 0 Å². The molecule has 6 nitrogen and oxygen atoms in total. The quantitative estimate of drug-likeness (QED) is 0.672. The number of aromatic nitrogens is 2. The zero-order chi connectivity index (χ0) is 10.8. The summed E-state index contributed by atoms with van der Waals surface area (Å²) in [7, 11) is 0. The first-order valence-corrected chi connectivity index (χ1v) is 4.78. The lowest BCUT2D eigenvalue weighted by Gasteiger charge is -2.13. The van der Waals surface area contributed by atoms with E-state index in [2.05, 4.69) is 4.98 Å². The second-order valence-corrected chi connectivity index (χ2v) is 3.49. The topological polar surface area (TPSA) is 84.3 Å². The highest BCUT2D eigenvalue weighted by Gasteiger charge is 2.26. The Morgan fingerprint density at radius 3 is 2.93 bits per heavy atom. The van der Waals surface area contributed by atoms with Crippen LogP contribution in [0, 0.1) is 0 Å². The van der Waals surface area contributed by atoms with Crippen LogP contribution < -0.4 is 11.2 Å². The standard InChI is InChI=1S/C9H12N2O4/c12-5-6-1-2-8(15-6)11-4-3-7(13)10-9(11)14/h3-4,6,8,12H,1-2,5H2,(H,10,13,14)/t6-,8?/m0/s1. The number of hydrogen-bond donors (Lipinski definition) is 2. The predicted molar refractivity (Wildman–Crippen MR) is 51.6 cm³/mol. The van der Waals surface area contributed by atoms with Crippen LogP contribution in [0.15, 0.2) is 21.9 Å². The van der Waals surface area contributed by atoms with Crippen LogP contribution in [0.2, 0.25) is 0 Å². The highest BCUT2D eigenvalue weighted by molar-refractivity contribution is 4.85. The summed E-state index contributed by atoms with van der Waals surface area (Å²) in [4.78, 5) is 24.4. The van der Waals surface area contributed by atoms with E-state index in [1.807, 2.05) is 0 Å². The molecule has 15 heavy (non-hydrogen) atoms. The smallest absolute Gasteiger partial charge is 0.330 e. The lowest BCUT2D eigenvalue weighted by molar-refractivity contribution is -0.0246. The number of H-pyrrole nitrogens is 1. The van der Waals surface area contributed by atoms with Crippen LogP contribution in [0.1, 0.15) is 19.1 Å². The van der Waals surface area contributed by atoms with Crippen LogP contribution in [-0.2, 0) is 4.74 Å². The molecule has 0 radical (unpaired) electrons. The van der Waals surface area contributed by atoms with Crippen LogP contribution in [0.5, 0.6) is 0 Å². The molecule has 0 aliphatic carbocycles. The first-order chi connectivity index (χ1) is 7.20. The van der Waals surface area contributed by atoms with Crippen LogP contribution in [0.25, 0.3) is 0 Å². The van der Waals surface area contributed by atoms with E-state index in [-0.39, 0.29) is 18.9 Å². The van der Waals surface area contributed by atoms with Crippen molar-refractivity contribution < 1.29 is 9.84 Å². The fraction of sp³-hybridized carbons (Fsp3) is 0.556. The van der Waals surface area contributed by atoms with Gasteiger partial charge in [0, 0.05) is 12.3 Å². The summed E-state index contributed by atoms with van der Waals surface area (Å²) in [6.45, 7) is -0.0470. The van der Waals surface area contributed by atoms with Gasteiger partial charge in [-0.25, -0.2) is 4.79 Å². The minimum Gasteiger partial charge on any atom is -0.394 e. The molecular weight excluding hydrogens is 200 g/mol. The Kier molecular flexibility index (Phi) is 2.70. The fourth-order valence-corrected chi connectivity index (χ4v) is 1.68. The number of nitrogens with zero attached hydrogens (tertiary/aromatic N) is 1. The molecule has 1 saturated heterocycles. The SMILES string of the molecule is O=c1ccn(C2CC[C@@H](CO)O2)c(=O)[nH]1. The molecule has 1 unspecified atom stereocenters. The maximum Gasteiger partial charge on any atom is 0.330 e. The Balaban J connectivity index is 2.24. The fourth-order valence-electron chi connectivity index (χ4n) is 1.68. The van der Waals surface area contributed by atoms with Crippen LogP contribution in [-0.4, -0.2) is 27.4 Å². The van der Waals surface area contributed by atoms with Crippen molar-refractivity contribution in [2.75, 3.05) is 6.61 Å². The van der Waals surface area contributed by atoms with Gasteiger partial charge >= 0.3 is 5.69 Å². The maximum atomic E-state index is 11.4. The van der Waals surface area contributed by atoms with Crippen molar-refractivity contribution in [3.05, 3.63) is 33.1 Å². The summed E-state index contributed by atoms with van der Waals surface area (Å²) in [5.74, 6) is 0. The van der Waals surface area contributed by atoms with Gasteiger partial charge in [0.15, 0.2) is 0 Å². The summed E-state index contributed by atoms with van der Waals surface area (Å²) >= 11 is 0. The minimum atomic E-state index is -0.480. The Morgan fingerprint density at radius 2 is 2.33 bits per heavy atom. The van der Waals surface area contributed by atoms with Gasteiger partial charge < -0.3 is 9.84 Å². The van der Waals surface area contributed by atoms with Gasteiger partial charge in [-0.05, 0) is 12.8 Å². The van der Waals surface area contributed by atoms with E-state index in [1.165, 1.54) is 16.8 Å². The first-order valence-electron chi connectivity index (χ1n) is 4.78. The van der Waals surface area contributed by atoms with Gasteiger partial charge in [0.25, 0.3) is 5.56 Å². The third-order valence-corrected chi connectivity index (χ3v) is 2.45. The lowest BCUT2D eigenvalue weighted by Crippen LogP contribution is -2.31. The van der Waals surface area contributed by atoms with Gasteiger partial charge in [-0.2, -0.15) is 0 Å². The van der Waals surface area contributed by atoms with E-state index in [9.17, 15) is 9.59 Å². The Bertz CT molecular complexity index is 450. The normalized spacial score (nSPS) is 25.7. The van der Waals surface area contributed by atoms with Gasteiger partial charge in [0.05, 0.1) is 12.7 Å². The van der Waals surface area contributed by atoms with E-state index >= 15 is 0 Å². The lowest BCUT2D eigenvalue weighted by atomic mass is 10.2. The molecule has 0 aromatic carbocycles. The molecule has 2 heterocycles. The van der Waals surface area contributed by atoms with Crippen molar-refractivity contribution in [3.63, 3.8) is 0 Å². The zero-order valence-electron chi connectivity index (χ0n) is 8.05. The van der Waals surface area contributed by atoms with Crippen molar-refractivity contribution in [1.29, 1.82) is 0 Å². The number of aromatic amines is 1. The number of nitrogens with one attached hydrogen (secondary N) is 1. The maximum absolute atomic E-state index is 11.4. The molecule has 6 heteroatoms. The molecule has 0 bridgehead atoms. The van der Waals surface area contributed by atoms with Crippen molar-refractivity contribution in [2.24, 2.45) is 0 Å². The minimum absolute atomic E-state index is 0.0470. The Labute approximate surface area is 85.1 Å². The van der Waals surface area contributed by atoms with E-state index in [4.69, 9.17) is 9.84 Å². The molecule has 1 fully saturated rings. The third-order valence-electron chi connectivity index (χ3n) is 2.45. The summed E-state index contributed by atoms with van der Waals surface area (Å²) in [6.07, 6.45) is 2.19. The second kappa shape index (κ2) is 4.00. The highest BCUT2D eigenvalue weighted by Crippen LogP contribution is 2.26. The highest BCUT2D eigenvalue weighted by atomic mass is 16.5. The monoisotopic (exact) mass is 212 g/mol. The van der Waals surface area contributed by atoms with E-state index in [0.29, 0.717) is 12.8 Å².